The SMILES string of the molecule is CCCCc1nc2ccccc2n1C(=O)C=Cc1ccc(C)o1. The van der Waals surface area contributed by atoms with Gasteiger partial charge < -0.3 is 4.42 Å². The lowest BCUT2D eigenvalue weighted by Crippen LogP contribution is -2.11. The van der Waals surface area contributed by atoms with E-state index in [0.29, 0.717) is 5.76 Å². The van der Waals surface area contributed by atoms with E-state index in [1.165, 1.54) is 0 Å². The molecule has 0 atom stereocenters. The molecule has 0 amide bonds. The number of imidazole rings is 1. The Labute approximate surface area is 135 Å². The molecule has 4 nitrogen and oxygen atoms in total. The molecule has 23 heavy (non-hydrogen) atoms. The van der Waals surface area contributed by atoms with Gasteiger partial charge in [-0.15, -0.1) is 0 Å². The van der Waals surface area contributed by atoms with Gasteiger partial charge in [-0.25, -0.2) is 4.98 Å². The van der Waals surface area contributed by atoms with E-state index in [-0.39, 0.29) is 5.91 Å². The maximum atomic E-state index is 12.7. The molecule has 0 spiro atoms. The minimum Gasteiger partial charge on any atom is -0.462 e. The summed E-state index contributed by atoms with van der Waals surface area (Å²) in [6.07, 6.45) is 6.12. The van der Waals surface area contributed by atoms with Gasteiger partial charge in [0.2, 0.25) is 0 Å². The third-order valence-electron chi connectivity index (χ3n) is 3.76. The highest BCUT2D eigenvalue weighted by Gasteiger charge is 2.14. The predicted molar refractivity (Wildman–Crippen MR) is 91.5 cm³/mol. The molecule has 0 aliphatic rings. The number of hydrogen-bond donors (Lipinski definition) is 0. The second-order valence-electron chi connectivity index (χ2n) is 5.58. The summed E-state index contributed by atoms with van der Waals surface area (Å²) in [5.41, 5.74) is 1.71. The molecule has 1 aromatic carbocycles. The number of unbranched alkanes of at least 4 members (excludes halogenated alkanes) is 1. The van der Waals surface area contributed by atoms with E-state index >= 15 is 0 Å². The molecule has 0 saturated heterocycles. The molecule has 0 N–H and O–H groups in total. The molecule has 0 saturated carbocycles. The van der Waals surface area contributed by atoms with Crippen LogP contribution in [0.2, 0.25) is 0 Å². The molecule has 0 aliphatic carbocycles. The maximum Gasteiger partial charge on any atom is 0.256 e. The van der Waals surface area contributed by atoms with Crippen molar-refractivity contribution < 1.29 is 9.21 Å². The van der Waals surface area contributed by atoms with Crippen molar-refractivity contribution in [1.29, 1.82) is 0 Å². The highest BCUT2D eigenvalue weighted by Crippen LogP contribution is 2.18. The van der Waals surface area contributed by atoms with E-state index in [1.807, 2.05) is 43.3 Å². The molecule has 118 valence electrons. The smallest absolute Gasteiger partial charge is 0.256 e. The molecule has 0 bridgehead atoms. The number of furan rings is 1. The Balaban J connectivity index is 1.96. The molecule has 3 rings (SSSR count). The van der Waals surface area contributed by atoms with Gasteiger partial charge in [-0.1, -0.05) is 25.5 Å². The van der Waals surface area contributed by atoms with Gasteiger partial charge in [0.25, 0.3) is 5.91 Å². The average Bonchev–Trinajstić information content (AvgIpc) is 3.13. The molecule has 0 radical (unpaired) electrons. The summed E-state index contributed by atoms with van der Waals surface area (Å²) < 4.78 is 7.18. The summed E-state index contributed by atoms with van der Waals surface area (Å²) in [6, 6.07) is 11.5. The van der Waals surface area contributed by atoms with Gasteiger partial charge in [-0.2, -0.15) is 0 Å². The van der Waals surface area contributed by atoms with Gasteiger partial charge in [0.1, 0.15) is 17.3 Å². The monoisotopic (exact) mass is 308 g/mol. The number of aromatic nitrogens is 2. The predicted octanol–water partition coefficient (Wildman–Crippen LogP) is 4.63. The lowest BCUT2D eigenvalue weighted by Gasteiger charge is -2.04. The second-order valence-corrected chi connectivity index (χ2v) is 5.58. The van der Waals surface area contributed by atoms with Gasteiger partial charge in [0, 0.05) is 12.5 Å². The largest absolute Gasteiger partial charge is 0.462 e. The Bertz CT molecular complexity index is 855. The molecule has 4 heteroatoms. The van der Waals surface area contributed by atoms with Crippen molar-refractivity contribution in [3.8, 4) is 0 Å². The molecule has 0 aliphatic heterocycles. The molecule has 2 aromatic heterocycles. The van der Waals surface area contributed by atoms with Gasteiger partial charge in [-0.3, -0.25) is 9.36 Å². The molecule has 0 unspecified atom stereocenters. The fourth-order valence-corrected chi connectivity index (χ4v) is 2.60. The van der Waals surface area contributed by atoms with Crippen LogP contribution in [0.3, 0.4) is 0 Å². The summed E-state index contributed by atoms with van der Waals surface area (Å²) in [5, 5.41) is 0. The van der Waals surface area contributed by atoms with Crippen LogP contribution >= 0.6 is 0 Å². The van der Waals surface area contributed by atoms with E-state index in [9.17, 15) is 4.79 Å². The van der Waals surface area contributed by atoms with E-state index in [0.717, 1.165) is 41.9 Å². The number of benzene rings is 1. The Kier molecular flexibility index (Phi) is 4.42. The summed E-state index contributed by atoms with van der Waals surface area (Å²) in [5.74, 6) is 2.22. The Morgan fingerprint density at radius 2 is 2.09 bits per heavy atom. The van der Waals surface area contributed by atoms with Gasteiger partial charge in [0.05, 0.1) is 11.0 Å². The minimum atomic E-state index is -0.0983. The van der Waals surface area contributed by atoms with Crippen molar-refractivity contribution >= 4 is 23.0 Å². The van der Waals surface area contributed by atoms with Crippen molar-refractivity contribution in [3.05, 3.63) is 59.8 Å². The van der Waals surface area contributed by atoms with Crippen molar-refractivity contribution in [2.75, 3.05) is 0 Å². The fraction of sp³-hybridized carbons (Fsp3) is 0.263. The summed E-state index contributed by atoms with van der Waals surface area (Å²) in [6.45, 7) is 4.01. The maximum absolute atomic E-state index is 12.7. The molecule has 2 heterocycles. The molecular weight excluding hydrogens is 288 g/mol. The normalized spacial score (nSPS) is 11.6. The van der Waals surface area contributed by atoms with Crippen LogP contribution in [0.15, 0.2) is 46.9 Å². The van der Waals surface area contributed by atoms with Gasteiger partial charge in [0.15, 0.2) is 0 Å². The fourth-order valence-electron chi connectivity index (χ4n) is 2.60. The van der Waals surface area contributed by atoms with Crippen LogP contribution in [0, 0.1) is 6.92 Å². The standard InChI is InChI=1S/C19H20N2O2/c1-3-4-9-18-20-16-7-5-6-8-17(16)21(18)19(22)13-12-15-11-10-14(2)23-15/h5-8,10-13H,3-4,9H2,1-2H3. The van der Waals surface area contributed by atoms with E-state index in [4.69, 9.17) is 4.42 Å². The average molecular weight is 308 g/mol. The summed E-state index contributed by atoms with van der Waals surface area (Å²) in [4.78, 5) is 17.3. The Hall–Kier alpha value is -2.62. The van der Waals surface area contributed by atoms with E-state index in [1.54, 1.807) is 16.7 Å². The first-order valence-electron chi connectivity index (χ1n) is 7.94. The lowest BCUT2D eigenvalue weighted by atomic mass is 10.2. The second kappa shape index (κ2) is 6.65. The summed E-state index contributed by atoms with van der Waals surface area (Å²) in [7, 11) is 0. The first kappa shape index (κ1) is 15.3. The Morgan fingerprint density at radius 1 is 1.26 bits per heavy atom. The van der Waals surface area contributed by atoms with Crippen LogP contribution in [0.25, 0.3) is 17.1 Å². The van der Waals surface area contributed by atoms with Crippen LogP contribution in [-0.4, -0.2) is 15.5 Å². The van der Waals surface area contributed by atoms with Crippen molar-refractivity contribution in [2.24, 2.45) is 0 Å². The lowest BCUT2D eigenvalue weighted by molar-refractivity contribution is 0.0971. The third kappa shape index (κ3) is 3.26. The molecule has 3 aromatic rings. The zero-order valence-electron chi connectivity index (χ0n) is 13.5. The zero-order chi connectivity index (χ0) is 16.2. The minimum absolute atomic E-state index is 0.0983. The van der Waals surface area contributed by atoms with Crippen LogP contribution in [0.4, 0.5) is 0 Å². The van der Waals surface area contributed by atoms with E-state index in [2.05, 4.69) is 11.9 Å². The number of rotatable bonds is 5. The number of carbonyl (C=O) groups is 1. The number of aryl methyl sites for hydroxylation is 2. The highest BCUT2D eigenvalue weighted by atomic mass is 16.3. The van der Waals surface area contributed by atoms with Crippen molar-refractivity contribution in [3.63, 3.8) is 0 Å². The topological polar surface area (TPSA) is 48.0 Å². The first-order valence-corrected chi connectivity index (χ1v) is 7.94. The quantitative estimate of drug-likeness (QED) is 0.645. The molecule has 0 fully saturated rings. The number of carbonyl (C=O) groups excluding carboxylic acids is 1. The van der Waals surface area contributed by atoms with Crippen molar-refractivity contribution in [1.82, 2.24) is 9.55 Å². The number of hydrogen-bond acceptors (Lipinski definition) is 3. The van der Waals surface area contributed by atoms with Crippen LogP contribution in [-0.2, 0) is 6.42 Å². The van der Waals surface area contributed by atoms with Gasteiger partial charge >= 0.3 is 0 Å². The zero-order valence-corrected chi connectivity index (χ0v) is 13.5. The number of para-hydroxylation sites is 2. The Morgan fingerprint density at radius 3 is 2.83 bits per heavy atom. The first-order chi connectivity index (χ1) is 11.2. The van der Waals surface area contributed by atoms with Gasteiger partial charge in [-0.05, 0) is 43.7 Å². The van der Waals surface area contributed by atoms with Crippen LogP contribution < -0.4 is 0 Å². The molecular formula is C19H20N2O2. The van der Waals surface area contributed by atoms with Crippen LogP contribution in [0.1, 0.15) is 41.9 Å². The third-order valence-corrected chi connectivity index (χ3v) is 3.76. The van der Waals surface area contributed by atoms with Crippen molar-refractivity contribution in [2.45, 2.75) is 33.1 Å². The number of fused-ring (bicyclic) bond motifs is 1. The highest BCUT2D eigenvalue weighted by molar-refractivity contribution is 5.99. The summed E-state index contributed by atoms with van der Waals surface area (Å²) >= 11 is 0. The number of allylic oxidation sites excluding steroid dienone is 1. The van der Waals surface area contributed by atoms with E-state index < -0.39 is 0 Å². The number of nitrogens with zero attached hydrogens (tertiary/aromatic N) is 2. The van der Waals surface area contributed by atoms with Crippen LogP contribution in [0.5, 0.6) is 0 Å².